The second-order valence-corrected chi connectivity index (χ2v) is 3.19. The highest BCUT2D eigenvalue weighted by atomic mass is 79.9. The Labute approximate surface area is 87.5 Å². The third-order valence-electron chi connectivity index (χ3n) is 1.38. The predicted molar refractivity (Wildman–Crippen MR) is 53.0 cm³/mol. The average molecular weight is 261 g/mol. The minimum atomic E-state index is -0.704. The molecule has 0 atom stereocenters. The van der Waals surface area contributed by atoms with Crippen LogP contribution in [0, 0.1) is 5.82 Å². The Kier molecular flexibility index (Phi) is 3.58. The molecule has 1 aromatic rings. The summed E-state index contributed by atoms with van der Waals surface area (Å²) in [6.45, 7) is 0. The van der Waals surface area contributed by atoms with Crippen molar-refractivity contribution in [1.29, 1.82) is 0 Å². The van der Waals surface area contributed by atoms with Gasteiger partial charge < -0.3 is 10.5 Å². The summed E-state index contributed by atoms with van der Waals surface area (Å²) in [5.74, 6) is -1.28. The van der Waals surface area contributed by atoms with Crippen LogP contribution in [0.25, 0.3) is 0 Å². The van der Waals surface area contributed by atoms with Gasteiger partial charge in [0.05, 0.1) is 10.2 Å². The molecular weight excluding hydrogens is 255 g/mol. The van der Waals surface area contributed by atoms with E-state index in [0.717, 1.165) is 0 Å². The Balaban J connectivity index is 2.87. The van der Waals surface area contributed by atoms with Gasteiger partial charge in [0.25, 0.3) is 5.91 Å². The Bertz CT molecular complexity index is 382. The third kappa shape index (κ3) is 2.53. The standard InChI is InChI=1S/C8H6BrFN2O2/c9-5-2-1-3-6(8(5)10)12-7(13)4-11-14/h1-4,14H,(H,12,13)/b11-4+. The first-order chi connectivity index (χ1) is 6.65. The number of amides is 1. The molecule has 0 aliphatic carbocycles. The van der Waals surface area contributed by atoms with E-state index in [1.54, 1.807) is 6.07 Å². The molecule has 0 aliphatic rings. The summed E-state index contributed by atoms with van der Waals surface area (Å²) >= 11 is 2.97. The zero-order valence-electron chi connectivity index (χ0n) is 6.87. The van der Waals surface area contributed by atoms with Gasteiger partial charge >= 0.3 is 0 Å². The highest BCUT2D eigenvalue weighted by Crippen LogP contribution is 2.22. The summed E-state index contributed by atoms with van der Waals surface area (Å²) in [4.78, 5) is 10.9. The number of hydrogen-bond donors (Lipinski definition) is 2. The van der Waals surface area contributed by atoms with Crippen molar-refractivity contribution >= 4 is 33.7 Å². The maximum atomic E-state index is 13.2. The molecule has 0 aliphatic heterocycles. The van der Waals surface area contributed by atoms with E-state index in [1.165, 1.54) is 12.1 Å². The molecule has 2 N–H and O–H groups in total. The van der Waals surface area contributed by atoms with Crippen molar-refractivity contribution in [2.24, 2.45) is 5.16 Å². The zero-order valence-corrected chi connectivity index (χ0v) is 8.45. The molecular formula is C8H6BrFN2O2. The molecule has 0 fully saturated rings. The third-order valence-corrected chi connectivity index (χ3v) is 2.00. The van der Waals surface area contributed by atoms with Crippen LogP contribution in [0.15, 0.2) is 27.8 Å². The normalized spacial score (nSPS) is 10.4. The molecule has 4 nitrogen and oxygen atoms in total. The summed E-state index contributed by atoms with van der Waals surface area (Å²) in [6.07, 6.45) is 0.639. The topological polar surface area (TPSA) is 61.7 Å². The molecule has 0 unspecified atom stereocenters. The number of nitrogens with zero attached hydrogens (tertiary/aromatic N) is 1. The van der Waals surface area contributed by atoms with Crippen LogP contribution in [0.5, 0.6) is 0 Å². The van der Waals surface area contributed by atoms with Gasteiger partial charge in [0.15, 0.2) is 5.82 Å². The second-order valence-electron chi connectivity index (χ2n) is 2.34. The second kappa shape index (κ2) is 4.71. The van der Waals surface area contributed by atoms with E-state index in [4.69, 9.17) is 5.21 Å². The average Bonchev–Trinajstić information content (AvgIpc) is 2.13. The van der Waals surface area contributed by atoms with Gasteiger partial charge in [0, 0.05) is 0 Å². The molecule has 0 heterocycles. The summed E-state index contributed by atoms with van der Waals surface area (Å²) < 4.78 is 13.5. The molecule has 0 saturated carbocycles. The van der Waals surface area contributed by atoms with Gasteiger partial charge in [-0.15, -0.1) is 0 Å². The summed E-state index contributed by atoms with van der Waals surface area (Å²) in [6, 6.07) is 4.47. The molecule has 0 radical (unpaired) electrons. The van der Waals surface area contributed by atoms with Crippen LogP contribution in [0.1, 0.15) is 0 Å². The largest absolute Gasteiger partial charge is 0.411 e. The van der Waals surface area contributed by atoms with E-state index in [2.05, 4.69) is 26.4 Å². The molecule has 1 rings (SSSR count). The number of halogens is 2. The van der Waals surface area contributed by atoms with E-state index in [9.17, 15) is 9.18 Å². The molecule has 0 bridgehead atoms. The molecule has 0 saturated heterocycles. The number of oxime groups is 1. The number of rotatable bonds is 2. The minimum Gasteiger partial charge on any atom is -0.411 e. The van der Waals surface area contributed by atoms with E-state index < -0.39 is 11.7 Å². The number of carbonyl (C=O) groups is 1. The van der Waals surface area contributed by atoms with Gasteiger partial charge in [0.2, 0.25) is 0 Å². The number of benzene rings is 1. The lowest BCUT2D eigenvalue weighted by molar-refractivity contribution is -0.110. The fourth-order valence-electron chi connectivity index (χ4n) is 0.818. The first kappa shape index (κ1) is 10.6. The zero-order chi connectivity index (χ0) is 10.6. The lowest BCUT2D eigenvalue weighted by Crippen LogP contribution is -2.13. The first-order valence-corrected chi connectivity index (χ1v) is 4.37. The number of hydrogen-bond acceptors (Lipinski definition) is 3. The van der Waals surface area contributed by atoms with Crippen molar-refractivity contribution in [3.63, 3.8) is 0 Å². The molecule has 0 spiro atoms. The van der Waals surface area contributed by atoms with Crippen molar-refractivity contribution in [3.05, 3.63) is 28.5 Å². The van der Waals surface area contributed by atoms with Crippen LogP contribution < -0.4 is 5.32 Å². The van der Waals surface area contributed by atoms with Crippen LogP contribution in [0.2, 0.25) is 0 Å². The van der Waals surface area contributed by atoms with Gasteiger partial charge in [-0.1, -0.05) is 11.2 Å². The Morgan fingerprint density at radius 1 is 1.64 bits per heavy atom. The van der Waals surface area contributed by atoms with E-state index in [0.29, 0.717) is 6.21 Å². The number of nitrogens with one attached hydrogen (secondary N) is 1. The van der Waals surface area contributed by atoms with Crippen molar-refractivity contribution in [3.8, 4) is 0 Å². The fourth-order valence-corrected chi connectivity index (χ4v) is 1.18. The number of carbonyl (C=O) groups excluding carboxylic acids is 1. The monoisotopic (exact) mass is 260 g/mol. The molecule has 0 aromatic heterocycles. The van der Waals surface area contributed by atoms with Crippen molar-refractivity contribution in [2.45, 2.75) is 0 Å². The van der Waals surface area contributed by atoms with Gasteiger partial charge in [0.1, 0.15) is 6.21 Å². The minimum absolute atomic E-state index is 0.0178. The smallest absolute Gasteiger partial charge is 0.270 e. The quantitative estimate of drug-likeness (QED) is 0.485. The Morgan fingerprint density at radius 3 is 3.00 bits per heavy atom. The predicted octanol–water partition coefficient (Wildman–Crippen LogP) is 1.99. The lowest BCUT2D eigenvalue weighted by atomic mass is 10.3. The van der Waals surface area contributed by atoms with Crippen LogP contribution >= 0.6 is 15.9 Å². The van der Waals surface area contributed by atoms with Gasteiger partial charge in [-0.25, -0.2) is 4.39 Å². The summed E-state index contributed by atoms with van der Waals surface area (Å²) in [5, 5.41) is 12.8. The molecule has 14 heavy (non-hydrogen) atoms. The Morgan fingerprint density at radius 2 is 2.36 bits per heavy atom. The molecule has 6 heteroatoms. The van der Waals surface area contributed by atoms with Gasteiger partial charge in [-0.3, -0.25) is 4.79 Å². The highest BCUT2D eigenvalue weighted by molar-refractivity contribution is 9.10. The fraction of sp³-hybridized carbons (Fsp3) is 0. The van der Waals surface area contributed by atoms with Crippen LogP contribution in [0.4, 0.5) is 10.1 Å². The maximum absolute atomic E-state index is 13.2. The van der Waals surface area contributed by atoms with Crippen LogP contribution in [-0.4, -0.2) is 17.3 Å². The van der Waals surface area contributed by atoms with Crippen molar-refractivity contribution in [1.82, 2.24) is 0 Å². The summed E-state index contributed by atoms with van der Waals surface area (Å²) in [5.41, 5.74) is 0.0178. The van der Waals surface area contributed by atoms with Gasteiger partial charge in [-0.2, -0.15) is 0 Å². The van der Waals surface area contributed by atoms with Gasteiger partial charge in [-0.05, 0) is 28.1 Å². The molecule has 1 amide bonds. The van der Waals surface area contributed by atoms with E-state index >= 15 is 0 Å². The summed E-state index contributed by atoms with van der Waals surface area (Å²) in [7, 11) is 0. The first-order valence-electron chi connectivity index (χ1n) is 3.57. The van der Waals surface area contributed by atoms with Crippen molar-refractivity contribution in [2.75, 3.05) is 5.32 Å². The maximum Gasteiger partial charge on any atom is 0.270 e. The molecule has 74 valence electrons. The molecule has 1 aromatic carbocycles. The Hall–Kier alpha value is -1.43. The highest BCUT2D eigenvalue weighted by Gasteiger charge is 2.07. The van der Waals surface area contributed by atoms with Crippen molar-refractivity contribution < 1.29 is 14.4 Å². The SMILES string of the molecule is O=C(/C=N/O)Nc1cccc(Br)c1F. The van der Waals surface area contributed by atoms with E-state index in [1.807, 2.05) is 0 Å². The van der Waals surface area contributed by atoms with Crippen LogP contribution in [-0.2, 0) is 4.79 Å². The van der Waals surface area contributed by atoms with E-state index in [-0.39, 0.29) is 10.2 Å². The number of anilines is 1. The van der Waals surface area contributed by atoms with Crippen LogP contribution in [0.3, 0.4) is 0 Å². The lowest BCUT2D eigenvalue weighted by Gasteiger charge is -2.03.